The number of aliphatic hydroxyl groups is 1. The Hall–Kier alpha value is -0.300. The Bertz CT molecular complexity index is 453. The normalized spacial score (nSPS) is 52.6. The first kappa shape index (κ1) is 14.3. The van der Waals surface area contributed by atoms with Gasteiger partial charge in [-0.25, -0.2) is 0 Å². The van der Waals surface area contributed by atoms with Gasteiger partial charge >= 0.3 is 0 Å². The molecule has 0 saturated heterocycles. The van der Waals surface area contributed by atoms with E-state index in [1.807, 2.05) is 5.57 Å². The smallest absolute Gasteiger partial charge is 0.0701 e. The number of allylic oxidation sites excluding steroid dienone is 2. The maximum atomic E-state index is 11.2. The topological polar surface area (TPSA) is 20.2 Å². The molecule has 118 valence electrons. The van der Waals surface area contributed by atoms with Crippen molar-refractivity contribution in [2.75, 3.05) is 0 Å². The summed E-state index contributed by atoms with van der Waals surface area (Å²) in [6, 6.07) is 0. The minimum Gasteiger partial charge on any atom is -0.389 e. The summed E-state index contributed by atoms with van der Waals surface area (Å²) in [5.74, 6) is 3.56. The van der Waals surface area contributed by atoms with Crippen molar-refractivity contribution in [2.24, 2.45) is 29.1 Å². The lowest BCUT2D eigenvalue weighted by molar-refractivity contribution is -0.119. The van der Waals surface area contributed by atoms with Gasteiger partial charge in [0.15, 0.2) is 0 Å². The molecule has 0 radical (unpaired) electrons. The predicted molar refractivity (Wildman–Crippen MR) is 86.9 cm³/mol. The summed E-state index contributed by atoms with van der Waals surface area (Å²) < 4.78 is 0. The first-order valence-corrected chi connectivity index (χ1v) is 9.50. The lowest BCUT2D eigenvalue weighted by Crippen LogP contribution is -2.52. The van der Waals surface area contributed by atoms with Crippen LogP contribution in [0.25, 0.3) is 0 Å². The Labute approximate surface area is 130 Å². The van der Waals surface area contributed by atoms with Crippen LogP contribution in [0.1, 0.15) is 78.1 Å². The largest absolute Gasteiger partial charge is 0.389 e. The highest BCUT2D eigenvalue weighted by Gasteiger charge is 2.61. The van der Waals surface area contributed by atoms with E-state index < -0.39 is 0 Å². The van der Waals surface area contributed by atoms with Gasteiger partial charge in [-0.05, 0) is 93.3 Å². The fourth-order valence-electron chi connectivity index (χ4n) is 6.99. The standard InChI is InChI=1S/C20H32O/c1-3-20(21)13-11-18-17-9-8-14-6-4-5-7-15(14)16(17)10-12-19(18,20)2/h6,15-18,21H,3-5,7-13H2,1-2H3/t15-,16+,17+,18-,19-,20?/m0/s1. The van der Waals surface area contributed by atoms with Crippen LogP contribution in [0.3, 0.4) is 0 Å². The van der Waals surface area contributed by atoms with Crippen LogP contribution < -0.4 is 0 Å². The van der Waals surface area contributed by atoms with Gasteiger partial charge in [0.2, 0.25) is 0 Å². The summed E-state index contributed by atoms with van der Waals surface area (Å²) in [4.78, 5) is 0. The third-order valence-corrected chi connectivity index (χ3v) is 8.28. The van der Waals surface area contributed by atoms with Crippen LogP contribution in [-0.4, -0.2) is 10.7 Å². The molecule has 4 rings (SSSR count). The average Bonchev–Trinajstić information content (AvgIpc) is 2.79. The molecule has 0 heterocycles. The minimum atomic E-state index is -0.370. The molecule has 1 N–H and O–H groups in total. The van der Waals surface area contributed by atoms with Crippen molar-refractivity contribution in [1.82, 2.24) is 0 Å². The Kier molecular flexibility index (Phi) is 3.30. The van der Waals surface area contributed by atoms with E-state index in [0.717, 1.165) is 36.5 Å². The van der Waals surface area contributed by atoms with Crippen molar-refractivity contribution in [2.45, 2.75) is 83.7 Å². The van der Waals surface area contributed by atoms with Crippen LogP contribution in [0.15, 0.2) is 11.6 Å². The monoisotopic (exact) mass is 288 g/mol. The lowest BCUT2D eigenvalue weighted by atomic mass is 9.50. The van der Waals surface area contributed by atoms with Gasteiger partial charge < -0.3 is 5.11 Å². The van der Waals surface area contributed by atoms with E-state index >= 15 is 0 Å². The van der Waals surface area contributed by atoms with E-state index in [0.29, 0.717) is 0 Å². The quantitative estimate of drug-likeness (QED) is 0.666. The van der Waals surface area contributed by atoms with E-state index in [9.17, 15) is 5.11 Å². The molecule has 4 aliphatic carbocycles. The van der Waals surface area contributed by atoms with Crippen molar-refractivity contribution in [1.29, 1.82) is 0 Å². The molecule has 3 saturated carbocycles. The molecule has 0 aromatic heterocycles. The van der Waals surface area contributed by atoms with Crippen LogP contribution in [-0.2, 0) is 0 Å². The van der Waals surface area contributed by atoms with Gasteiger partial charge in [-0.15, -0.1) is 0 Å². The van der Waals surface area contributed by atoms with E-state index in [1.165, 1.54) is 51.4 Å². The van der Waals surface area contributed by atoms with Crippen LogP contribution in [0.5, 0.6) is 0 Å². The predicted octanol–water partition coefficient (Wildman–Crippen LogP) is 5.09. The second-order valence-corrected chi connectivity index (χ2v) is 8.67. The Morgan fingerprint density at radius 1 is 1.14 bits per heavy atom. The first-order valence-electron chi connectivity index (χ1n) is 9.50. The molecule has 0 bridgehead atoms. The third kappa shape index (κ3) is 1.85. The third-order valence-electron chi connectivity index (χ3n) is 8.28. The average molecular weight is 288 g/mol. The van der Waals surface area contributed by atoms with Crippen LogP contribution in [0.2, 0.25) is 0 Å². The molecule has 3 fully saturated rings. The molecular weight excluding hydrogens is 256 g/mol. The summed E-state index contributed by atoms with van der Waals surface area (Å²) in [5, 5.41) is 11.2. The summed E-state index contributed by atoms with van der Waals surface area (Å²) in [5.41, 5.74) is 1.65. The molecule has 1 nitrogen and oxygen atoms in total. The molecule has 6 atom stereocenters. The Morgan fingerprint density at radius 3 is 2.81 bits per heavy atom. The van der Waals surface area contributed by atoms with Gasteiger partial charge in [0, 0.05) is 0 Å². The summed E-state index contributed by atoms with van der Waals surface area (Å²) in [7, 11) is 0. The molecule has 0 aromatic carbocycles. The first-order chi connectivity index (χ1) is 10.1. The highest BCUT2D eigenvalue weighted by molar-refractivity contribution is 5.19. The second-order valence-electron chi connectivity index (χ2n) is 8.67. The van der Waals surface area contributed by atoms with Crippen molar-refractivity contribution in [3.63, 3.8) is 0 Å². The molecule has 0 aromatic rings. The van der Waals surface area contributed by atoms with Crippen LogP contribution >= 0.6 is 0 Å². The fourth-order valence-corrected chi connectivity index (χ4v) is 6.99. The van der Waals surface area contributed by atoms with E-state index in [1.54, 1.807) is 0 Å². The van der Waals surface area contributed by atoms with Gasteiger partial charge in [0.1, 0.15) is 0 Å². The maximum Gasteiger partial charge on any atom is 0.0701 e. The fraction of sp³-hybridized carbons (Fsp3) is 0.900. The van der Waals surface area contributed by atoms with Gasteiger partial charge in [-0.3, -0.25) is 0 Å². The van der Waals surface area contributed by atoms with E-state index in [4.69, 9.17) is 0 Å². The maximum absolute atomic E-state index is 11.2. The van der Waals surface area contributed by atoms with Crippen LogP contribution in [0, 0.1) is 29.1 Å². The number of fused-ring (bicyclic) bond motifs is 5. The van der Waals surface area contributed by atoms with Gasteiger partial charge in [0.05, 0.1) is 5.60 Å². The van der Waals surface area contributed by atoms with Crippen molar-refractivity contribution >= 4 is 0 Å². The molecular formula is C20H32O. The Balaban J connectivity index is 1.64. The Morgan fingerprint density at radius 2 is 2.00 bits per heavy atom. The molecule has 0 amide bonds. The summed E-state index contributed by atoms with van der Waals surface area (Å²) in [6.07, 6.45) is 15.5. The van der Waals surface area contributed by atoms with Crippen LogP contribution in [0.4, 0.5) is 0 Å². The van der Waals surface area contributed by atoms with Gasteiger partial charge in [-0.2, -0.15) is 0 Å². The summed E-state index contributed by atoms with van der Waals surface area (Å²) in [6.45, 7) is 4.62. The number of hydrogen-bond acceptors (Lipinski definition) is 1. The zero-order valence-electron chi connectivity index (χ0n) is 13.9. The zero-order valence-corrected chi connectivity index (χ0v) is 13.9. The highest BCUT2D eigenvalue weighted by atomic mass is 16.3. The zero-order chi connectivity index (χ0) is 14.7. The molecule has 4 aliphatic rings. The molecule has 1 unspecified atom stereocenters. The molecule has 21 heavy (non-hydrogen) atoms. The molecule has 0 aliphatic heterocycles. The minimum absolute atomic E-state index is 0.207. The van der Waals surface area contributed by atoms with Crippen molar-refractivity contribution in [3.05, 3.63) is 11.6 Å². The van der Waals surface area contributed by atoms with Gasteiger partial charge in [-0.1, -0.05) is 25.5 Å². The number of rotatable bonds is 1. The van der Waals surface area contributed by atoms with Crippen molar-refractivity contribution < 1.29 is 5.11 Å². The van der Waals surface area contributed by atoms with Gasteiger partial charge in [0.25, 0.3) is 0 Å². The second kappa shape index (κ2) is 4.85. The molecule has 1 heteroatoms. The summed E-state index contributed by atoms with van der Waals surface area (Å²) >= 11 is 0. The molecule has 0 spiro atoms. The SMILES string of the molecule is CCC1(O)CC[C@H]2[C@@H]3CCC4=CCCC[C@@H]4[C@H]3CC[C@@]21C. The van der Waals surface area contributed by atoms with Crippen molar-refractivity contribution in [3.8, 4) is 0 Å². The highest BCUT2D eigenvalue weighted by Crippen LogP contribution is 2.65. The van der Waals surface area contributed by atoms with E-state index in [2.05, 4.69) is 19.9 Å². The van der Waals surface area contributed by atoms with E-state index in [-0.39, 0.29) is 11.0 Å². The number of hydrogen-bond donors (Lipinski definition) is 1. The lowest BCUT2D eigenvalue weighted by Gasteiger charge is -2.55.